The Hall–Kier alpha value is -1.26. The molecule has 1 saturated heterocycles. The number of aliphatic hydroxyl groups excluding tert-OH is 1. The van der Waals surface area contributed by atoms with Crippen molar-refractivity contribution in [2.75, 3.05) is 41.0 Å². The fraction of sp³-hybridized carbons (Fsp3) is 0.929. The van der Waals surface area contributed by atoms with Gasteiger partial charge in [-0.05, 0) is 31.7 Å². The number of aliphatic hydroxyl groups is 1. The van der Waals surface area contributed by atoms with Crippen LogP contribution in [0.5, 0.6) is 0 Å². The Morgan fingerprint density at radius 1 is 1.05 bits per heavy atom. The molecule has 208 valence electrons. The van der Waals surface area contributed by atoms with Gasteiger partial charge >= 0.3 is 11.9 Å². The maximum Gasteiger partial charge on any atom is 0.303 e. The number of fused-ring (bicyclic) bond motifs is 2. The van der Waals surface area contributed by atoms with Crippen LogP contribution in [0.3, 0.4) is 0 Å². The number of methoxy groups -OCH3 is 3. The molecule has 0 aromatic rings. The zero-order valence-electron chi connectivity index (χ0n) is 23.0. The third-order valence-corrected chi connectivity index (χ3v) is 11.7. The van der Waals surface area contributed by atoms with E-state index < -0.39 is 23.2 Å². The highest BCUT2D eigenvalue weighted by molar-refractivity contribution is 5.68. The van der Waals surface area contributed by atoms with Crippen LogP contribution >= 0.6 is 0 Å². The molecule has 6 unspecified atom stereocenters. The molecule has 0 aromatic carbocycles. The van der Waals surface area contributed by atoms with Crippen molar-refractivity contribution in [1.82, 2.24) is 4.90 Å². The fourth-order valence-electron chi connectivity index (χ4n) is 11.4. The van der Waals surface area contributed by atoms with Crippen LogP contribution in [0.4, 0.5) is 0 Å². The largest absolute Gasteiger partial charge is 0.462 e. The molecule has 13 atom stereocenters. The number of likely N-dealkylation sites (tertiary alicyclic amines) is 1. The van der Waals surface area contributed by atoms with E-state index in [1.54, 1.807) is 21.3 Å². The second-order valence-electron chi connectivity index (χ2n) is 12.7. The summed E-state index contributed by atoms with van der Waals surface area (Å²) in [6.07, 6.45) is 1.46. The van der Waals surface area contributed by atoms with Gasteiger partial charge in [-0.1, -0.05) is 6.92 Å². The summed E-state index contributed by atoms with van der Waals surface area (Å²) in [5.74, 6) is -1.05. The highest BCUT2D eigenvalue weighted by Gasteiger charge is 2.87. The van der Waals surface area contributed by atoms with E-state index in [1.807, 2.05) is 0 Å². The van der Waals surface area contributed by atoms with Gasteiger partial charge in [-0.25, -0.2) is 0 Å². The van der Waals surface area contributed by atoms with Crippen LogP contribution < -0.4 is 0 Å². The Bertz CT molecular complexity index is 960. The number of rotatable bonds is 7. The van der Waals surface area contributed by atoms with E-state index in [0.717, 1.165) is 25.9 Å². The molecule has 5 aliphatic carbocycles. The molecule has 0 radical (unpaired) electrons. The predicted octanol–water partition coefficient (Wildman–Crippen LogP) is 1.64. The van der Waals surface area contributed by atoms with E-state index in [9.17, 15) is 14.7 Å². The average molecular weight is 522 g/mol. The Morgan fingerprint density at radius 3 is 2.41 bits per heavy atom. The molecule has 0 aromatic heterocycles. The number of piperidine rings is 1. The standard InChI is InChI=1S/C28H43NO8/c1-7-29-12-26(13-33-4)9-8-19(32)28-17-10-16-18(34-5)11-27(37-15(3)31,20(17)22(16)36-14(2)30)21(25(28)29)23(35-6)24(26)28/h16-25,32H,7-13H2,1-6H3/t16-,17?,18+,19+,20?,21?,22?,23?,24?,25-,26+,27-,28+/m1/s1. The van der Waals surface area contributed by atoms with Gasteiger partial charge in [0.05, 0.1) is 24.9 Å². The average Bonchev–Trinajstić information content (AvgIpc) is 3.27. The minimum Gasteiger partial charge on any atom is -0.462 e. The van der Waals surface area contributed by atoms with Crippen LogP contribution in [0.15, 0.2) is 0 Å². The highest BCUT2D eigenvalue weighted by Crippen LogP contribution is 2.80. The summed E-state index contributed by atoms with van der Waals surface area (Å²) in [4.78, 5) is 27.8. The third-order valence-electron chi connectivity index (χ3n) is 11.7. The van der Waals surface area contributed by atoms with Crippen LogP contribution in [-0.4, -0.2) is 99.0 Å². The van der Waals surface area contributed by atoms with E-state index in [0.29, 0.717) is 19.4 Å². The number of hydrogen-bond donors (Lipinski definition) is 1. The summed E-state index contributed by atoms with van der Waals surface area (Å²) in [6, 6.07) is -0.0133. The Morgan fingerprint density at radius 2 is 1.81 bits per heavy atom. The third kappa shape index (κ3) is 2.98. The minimum atomic E-state index is -0.922. The van der Waals surface area contributed by atoms with Crippen LogP contribution in [0.1, 0.15) is 46.5 Å². The number of ether oxygens (including phenoxy) is 5. The summed E-state index contributed by atoms with van der Waals surface area (Å²) in [5.41, 5.74) is -1.57. The summed E-state index contributed by atoms with van der Waals surface area (Å²) in [5, 5.41) is 12.1. The van der Waals surface area contributed by atoms with Crippen molar-refractivity contribution < 1.29 is 38.4 Å². The molecule has 37 heavy (non-hydrogen) atoms. The quantitative estimate of drug-likeness (QED) is 0.501. The molecule has 1 spiro atoms. The lowest BCUT2D eigenvalue weighted by Crippen LogP contribution is -2.76. The van der Waals surface area contributed by atoms with E-state index in [4.69, 9.17) is 23.7 Å². The monoisotopic (exact) mass is 521 g/mol. The molecular formula is C28H43NO8. The van der Waals surface area contributed by atoms with Crippen LogP contribution in [0.2, 0.25) is 0 Å². The molecule has 1 aliphatic heterocycles. The van der Waals surface area contributed by atoms with Gasteiger partial charge in [0.15, 0.2) is 0 Å². The summed E-state index contributed by atoms with van der Waals surface area (Å²) < 4.78 is 31.0. The number of carbonyl (C=O) groups excluding carboxylic acids is 2. The first-order valence-corrected chi connectivity index (χ1v) is 14.0. The number of nitrogens with zero attached hydrogens (tertiary/aromatic N) is 1. The maximum atomic E-state index is 12.9. The molecule has 6 aliphatic rings. The van der Waals surface area contributed by atoms with Crippen molar-refractivity contribution in [3.63, 3.8) is 0 Å². The zero-order chi connectivity index (χ0) is 26.5. The van der Waals surface area contributed by atoms with Crippen molar-refractivity contribution in [3.8, 4) is 0 Å². The molecular weight excluding hydrogens is 478 g/mol. The molecule has 6 fully saturated rings. The molecule has 1 N–H and O–H groups in total. The van der Waals surface area contributed by atoms with Crippen molar-refractivity contribution in [2.45, 2.75) is 82.5 Å². The SMILES string of the molecule is CCN1C[C@]2(COC)CC[C@H](O)[C@@]34C5C[C@H]6C(OC(C)=O)C5[C@](OC(C)=O)(C[C@@H]6OC)C(C(OC)C23)[C@@H]14. The van der Waals surface area contributed by atoms with Crippen LogP contribution in [-0.2, 0) is 33.3 Å². The Kier molecular flexibility index (Phi) is 6.05. The summed E-state index contributed by atoms with van der Waals surface area (Å²) >= 11 is 0. The Balaban J connectivity index is 1.65. The van der Waals surface area contributed by atoms with Crippen molar-refractivity contribution in [1.29, 1.82) is 0 Å². The second kappa shape index (κ2) is 8.62. The van der Waals surface area contributed by atoms with Gasteiger partial charge in [-0.2, -0.15) is 0 Å². The van der Waals surface area contributed by atoms with Crippen molar-refractivity contribution in [3.05, 3.63) is 0 Å². The second-order valence-corrected chi connectivity index (χ2v) is 12.7. The molecule has 7 bridgehead atoms. The Labute approximate surface area is 219 Å². The van der Waals surface area contributed by atoms with E-state index in [1.165, 1.54) is 13.8 Å². The lowest BCUT2D eigenvalue weighted by atomic mass is 9.43. The summed E-state index contributed by atoms with van der Waals surface area (Å²) in [7, 11) is 5.22. The van der Waals surface area contributed by atoms with E-state index in [-0.39, 0.29) is 65.2 Å². The summed E-state index contributed by atoms with van der Waals surface area (Å²) in [6.45, 7) is 7.38. The normalized spacial score (nSPS) is 53.2. The molecule has 9 nitrogen and oxygen atoms in total. The maximum absolute atomic E-state index is 12.9. The fourth-order valence-corrected chi connectivity index (χ4v) is 11.4. The molecule has 0 amide bonds. The molecule has 5 saturated carbocycles. The van der Waals surface area contributed by atoms with Crippen LogP contribution in [0, 0.1) is 40.4 Å². The van der Waals surface area contributed by atoms with Crippen molar-refractivity contribution in [2.24, 2.45) is 40.4 Å². The number of esters is 2. The highest BCUT2D eigenvalue weighted by atomic mass is 16.6. The molecule has 9 heteroatoms. The van der Waals surface area contributed by atoms with Crippen LogP contribution in [0.25, 0.3) is 0 Å². The molecule has 6 rings (SSSR count). The number of hydrogen-bond acceptors (Lipinski definition) is 9. The van der Waals surface area contributed by atoms with Gasteiger partial charge in [-0.15, -0.1) is 0 Å². The smallest absolute Gasteiger partial charge is 0.303 e. The first-order chi connectivity index (χ1) is 17.7. The zero-order valence-corrected chi connectivity index (χ0v) is 23.0. The minimum absolute atomic E-state index is 0.00590. The first-order valence-electron chi connectivity index (χ1n) is 14.0. The van der Waals surface area contributed by atoms with Gasteiger partial charge in [0.1, 0.15) is 11.7 Å². The lowest BCUT2D eigenvalue weighted by molar-refractivity contribution is -0.278. The van der Waals surface area contributed by atoms with Crippen molar-refractivity contribution >= 4 is 11.9 Å². The van der Waals surface area contributed by atoms with E-state index >= 15 is 0 Å². The number of carbonyl (C=O) groups is 2. The first kappa shape index (κ1) is 26.0. The molecule has 1 heterocycles. The lowest BCUT2D eigenvalue weighted by Gasteiger charge is -2.69. The van der Waals surface area contributed by atoms with Gasteiger partial charge in [0.2, 0.25) is 0 Å². The van der Waals surface area contributed by atoms with E-state index in [2.05, 4.69) is 11.8 Å². The topological polar surface area (TPSA) is 104 Å². The van der Waals surface area contributed by atoms with Gasteiger partial charge in [-0.3, -0.25) is 14.5 Å². The predicted molar refractivity (Wildman–Crippen MR) is 131 cm³/mol. The van der Waals surface area contributed by atoms with Gasteiger partial charge in [0.25, 0.3) is 0 Å². The van der Waals surface area contributed by atoms with Gasteiger partial charge < -0.3 is 28.8 Å². The van der Waals surface area contributed by atoms with Gasteiger partial charge in [0, 0.05) is 88.7 Å².